The smallest absolute Gasteiger partial charge is 0.260 e. The van der Waals surface area contributed by atoms with Gasteiger partial charge in [-0.05, 0) is 62.1 Å². The van der Waals surface area contributed by atoms with Crippen LogP contribution in [0.2, 0.25) is 0 Å². The highest BCUT2D eigenvalue weighted by Gasteiger charge is 2.37. The Morgan fingerprint density at radius 1 is 1.12 bits per heavy atom. The molecule has 0 radical (unpaired) electrons. The molecule has 1 fully saturated rings. The maximum Gasteiger partial charge on any atom is 0.260 e. The predicted molar refractivity (Wildman–Crippen MR) is 119 cm³/mol. The Morgan fingerprint density at radius 2 is 1.84 bits per heavy atom. The summed E-state index contributed by atoms with van der Waals surface area (Å²) in [4.78, 5) is 24.7. The molecular weight excluding hydrogens is 407 g/mol. The van der Waals surface area contributed by atoms with Gasteiger partial charge in [0.1, 0.15) is 22.9 Å². The summed E-state index contributed by atoms with van der Waals surface area (Å²) >= 11 is 0. The highest BCUT2D eigenvalue weighted by Crippen LogP contribution is 2.36. The Kier molecular flexibility index (Phi) is 4.65. The maximum absolute atomic E-state index is 15.3. The van der Waals surface area contributed by atoms with Gasteiger partial charge in [-0.15, -0.1) is 0 Å². The van der Waals surface area contributed by atoms with Crippen LogP contribution in [0.5, 0.6) is 0 Å². The summed E-state index contributed by atoms with van der Waals surface area (Å²) in [6, 6.07) is 7.01. The normalized spacial score (nSPS) is 16.3. The highest BCUT2D eigenvalue weighted by atomic mass is 19.1. The van der Waals surface area contributed by atoms with E-state index < -0.39 is 11.7 Å². The monoisotopic (exact) mass is 430 g/mol. The van der Waals surface area contributed by atoms with E-state index in [1.165, 1.54) is 17.2 Å². The first-order chi connectivity index (χ1) is 15.3. The summed E-state index contributed by atoms with van der Waals surface area (Å²) < 4.78 is 15.3. The van der Waals surface area contributed by atoms with Gasteiger partial charge in [-0.25, -0.2) is 9.37 Å². The van der Waals surface area contributed by atoms with Crippen molar-refractivity contribution in [3.05, 3.63) is 82.7 Å². The van der Waals surface area contributed by atoms with Crippen LogP contribution in [-0.4, -0.2) is 42.3 Å². The van der Waals surface area contributed by atoms with Gasteiger partial charge in [0, 0.05) is 6.54 Å². The molecule has 1 N–H and O–H groups in total. The highest BCUT2D eigenvalue weighted by molar-refractivity contribution is 5.99. The van der Waals surface area contributed by atoms with Crippen molar-refractivity contribution in [1.29, 1.82) is 0 Å². The number of H-pyrrole nitrogens is 1. The third-order valence-corrected chi connectivity index (χ3v) is 6.11. The van der Waals surface area contributed by atoms with Crippen LogP contribution < -0.4 is 0 Å². The topological polar surface area (TPSA) is 79.7 Å². The van der Waals surface area contributed by atoms with Gasteiger partial charge in [0.05, 0.1) is 29.5 Å². The van der Waals surface area contributed by atoms with E-state index in [1.807, 2.05) is 19.9 Å². The molecule has 1 saturated heterocycles. The zero-order valence-corrected chi connectivity index (χ0v) is 18.2. The van der Waals surface area contributed by atoms with Crippen molar-refractivity contribution in [2.45, 2.75) is 33.2 Å². The lowest BCUT2D eigenvalue weighted by Crippen LogP contribution is -2.33. The number of rotatable bonds is 3. The first kappa shape index (κ1) is 20.1. The Morgan fingerprint density at radius 3 is 2.59 bits per heavy atom. The van der Waals surface area contributed by atoms with Crippen LogP contribution in [0.15, 0.2) is 48.8 Å². The molecule has 32 heavy (non-hydrogen) atoms. The van der Waals surface area contributed by atoms with E-state index in [4.69, 9.17) is 4.98 Å². The van der Waals surface area contributed by atoms with Crippen molar-refractivity contribution in [2.75, 3.05) is 6.54 Å². The van der Waals surface area contributed by atoms with Crippen LogP contribution in [0.3, 0.4) is 0 Å². The van der Waals surface area contributed by atoms with Gasteiger partial charge in [-0.2, -0.15) is 15.0 Å². The Labute approximate surface area is 184 Å². The lowest BCUT2D eigenvalue weighted by atomic mass is 10.1. The molecule has 0 unspecified atom stereocenters. The number of carbonyl (C=O) groups is 1. The van der Waals surface area contributed by atoms with E-state index in [0.29, 0.717) is 30.0 Å². The van der Waals surface area contributed by atoms with Gasteiger partial charge >= 0.3 is 0 Å². The molecule has 2 aromatic heterocycles. The van der Waals surface area contributed by atoms with E-state index in [9.17, 15) is 4.79 Å². The zero-order chi connectivity index (χ0) is 22.6. The third-order valence-electron chi connectivity index (χ3n) is 6.11. The quantitative estimate of drug-likeness (QED) is 0.490. The third kappa shape index (κ3) is 3.19. The number of amides is 1. The Balaban J connectivity index is 1.59. The number of aromatic amines is 1. The lowest BCUT2D eigenvalue weighted by molar-refractivity contribution is 0.0727. The largest absolute Gasteiger partial charge is 0.340 e. The van der Waals surface area contributed by atoms with Gasteiger partial charge in [0.15, 0.2) is 0 Å². The number of aromatic nitrogens is 5. The van der Waals surface area contributed by atoms with Gasteiger partial charge in [-0.1, -0.05) is 18.2 Å². The van der Waals surface area contributed by atoms with E-state index in [1.54, 1.807) is 24.0 Å². The van der Waals surface area contributed by atoms with Gasteiger partial charge in [0.2, 0.25) is 0 Å². The average Bonchev–Trinajstić information content (AvgIpc) is 3.49. The van der Waals surface area contributed by atoms with Crippen molar-refractivity contribution in [2.24, 2.45) is 0 Å². The van der Waals surface area contributed by atoms with Crippen molar-refractivity contribution >= 4 is 16.9 Å². The maximum atomic E-state index is 15.3. The molecule has 8 heteroatoms. The number of nitrogens with zero attached hydrogens (tertiary/aromatic N) is 5. The molecule has 0 bridgehead atoms. The second kappa shape index (κ2) is 7.40. The number of fused-ring (bicyclic) bond motifs is 1. The molecule has 0 spiro atoms. The van der Waals surface area contributed by atoms with Crippen LogP contribution in [0.1, 0.15) is 45.3 Å². The molecule has 0 aliphatic carbocycles. The molecule has 7 nitrogen and oxygen atoms in total. The molecule has 1 aliphatic heterocycles. The number of carbonyl (C=O) groups excluding carboxylic acids is 1. The number of likely N-dealkylation sites (tertiary alicyclic amines) is 1. The first-order valence-corrected chi connectivity index (χ1v) is 10.4. The van der Waals surface area contributed by atoms with Crippen LogP contribution in [0.25, 0.3) is 16.7 Å². The number of nitrogens with one attached hydrogen (secondary N) is 1. The SMILES string of the molecule is C=C1C[C@@H](c2nc3cc(C)c(C)cc3[nH]2)N(C(=O)c2c(-n3nccn3)ccc(C)c2F)C1. The molecule has 3 heterocycles. The lowest BCUT2D eigenvalue weighted by Gasteiger charge is -2.24. The molecule has 4 aromatic rings. The Bertz CT molecular complexity index is 1330. The van der Waals surface area contributed by atoms with Crippen LogP contribution in [0.4, 0.5) is 4.39 Å². The number of hydrogen-bond donors (Lipinski definition) is 1. The molecule has 2 aromatic carbocycles. The number of imidazole rings is 1. The van der Waals surface area contributed by atoms with Crippen LogP contribution in [-0.2, 0) is 0 Å². The second-order valence-corrected chi connectivity index (χ2v) is 8.39. The van der Waals surface area contributed by atoms with E-state index in [2.05, 4.69) is 27.8 Å². The molecule has 1 amide bonds. The van der Waals surface area contributed by atoms with E-state index in [-0.39, 0.29) is 11.6 Å². The summed E-state index contributed by atoms with van der Waals surface area (Å²) in [5, 5.41) is 8.19. The van der Waals surface area contributed by atoms with Gasteiger partial charge in [0.25, 0.3) is 5.91 Å². The minimum Gasteiger partial charge on any atom is -0.340 e. The standard InChI is InChI=1S/C24H23FN6O/c1-13-9-20(23-28-17-10-15(3)16(4)11-18(17)29-23)30(12-13)24(32)21-19(31-26-7-8-27-31)6-5-14(2)22(21)25/h5-8,10-11,20H,1,9,12H2,2-4H3,(H,28,29)/t20-/m0/s1. The molecule has 0 saturated carbocycles. The summed E-state index contributed by atoms with van der Waals surface area (Å²) in [6.07, 6.45) is 3.54. The average molecular weight is 430 g/mol. The van der Waals surface area contributed by atoms with Crippen LogP contribution in [0, 0.1) is 26.6 Å². The summed E-state index contributed by atoms with van der Waals surface area (Å²) in [5.74, 6) is -0.337. The fourth-order valence-corrected chi connectivity index (χ4v) is 4.23. The molecule has 1 aliphatic rings. The number of aryl methyl sites for hydroxylation is 3. The van der Waals surface area contributed by atoms with Crippen LogP contribution >= 0.6 is 0 Å². The number of benzene rings is 2. The molecule has 5 rings (SSSR count). The summed E-state index contributed by atoms with van der Waals surface area (Å²) in [5.41, 5.74) is 5.59. The minimum atomic E-state index is -0.572. The van der Waals surface area contributed by atoms with Crippen molar-refractivity contribution in [3.63, 3.8) is 0 Å². The van der Waals surface area contributed by atoms with Gasteiger partial charge < -0.3 is 9.88 Å². The molecular formula is C24H23FN6O. The number of hydrogen-bond acceptors (Lipinski definition) is 4. The van der Waals surface area contributed by atoms with Crippen molar-refractivity contribution in [3.8, 4) is 5.69 Å². The number of halogens is 1. The van der Waals surface area contributed by atoms with E-state index >= 15 is 4.39 Å². The van der Waals surface area contributed by atoms with E-state index in [0.717, 1.165) is 27.7 Å². The van der Waals surface area contributed by atoms with Crippen molar-refractivity contribution in [1.82, 2.24) is 29.9 Å². The van der Waals surface area contributed by atoms with Gasteiger partial charge in [-0.3, -0.25) is 4.79 Å². The van der Waals surface area contributed by atoms with Crippen molar-refractivity contribution < 1.29 is 9.18 Å². The molecule has 162 valence electrons. The minimum absolute atomic E-state index is 0.0521. The second-order valence-electron chi connectivity index (χ2n) is 8.39. The zero-order valence-electron chi connectivity index (χ0n) is 18.2. The summed E-state index contributed by atoms with van der Waals surface area (Å²) in [6.45, 7) is 10.2. The fourth-order valence-electron chi connectivity index (χ4n) is 4.23. The Hall–Kier alpha value is -3.81. The fraction of sp³-hybridized carbons (Fsp3) is 0.250. The molecule has 1 atom stereocenters. The predicted octanol–water partition coefficient (Wildman–Crippen LogP) is 4.35. The first-order valence-electron chi connectivity index (χ1n) is 10.4. The summed E-state index contributed by atoms with van der Waals surface area (Å²) in [7, 11) is 0.